The molecule has 0 saturated carbocycles. The minimum atomic E-state index is 0.610. The number of nitrogens with zero attached hydrogens (tertiary/aromatic N) is 1. The van der Waals surface area contributed by atoms with E-state index in [1.807, 2.05) is 6.07 Å². The van der Waals surface area contributed by atoms with Crippen LogP contribution < -0.4 is 10.6 Å². The van der Waals surface area contributed by atoms with Crippen LogP contribution in [0.15, 0.2) is 18.2 Å². The second-order valence-electron chi connectivity index (χ2n) is 5.29. The normalized spacial score (nSPS) is 19.4. The number of ether oxygens (including phenoxy) is 1. The van der Waals surface area contributed by atoms with Crippen LogP contribution >= 0.6 is 11.6 Å². The summed E-state index contributed by atoms with van der Waals surface area (Å²) in [4.78, 5) is 2.23. The molecule has 0 amide bonds. The minimum Gasteiger partial charge on any atom is -0.381 e. The summed E-state index contributed by atoms with van der Waals surface area (Å²) in [5.74, 6) is 0.610. The zero-order chi connectivity index (χ0) is 13.7. The highest BCUT2D eigenvalue weighted by atomic mass is 35.5. The van der Waals surface area contributed by atoms with Crippen molar-refractivity contribution in [2.24, 2.45) is 11.7 Å². The largest absolute Gasteiger partial charge is 0.381 e. The number of rotatable bonds is 5. The molecule has 2 rings (SSSR count). The summed E-state index contributed by atoms with van der Waals surface area (Å²) in [5, 5.41) is 0.810. The summed E-state index contributed by atoms with van der Waals surface area (Å²) < 4.78 is 5.53. The summed E-state index contributed by atoms with van der Waals surface area (Å²) in [7, 11) is 2.10. The summed E-state index contributed by atoms with van der Waals surface area (Å²) >= 11 is 6.36. The van der Waals surface area contributed by atoms with E-state index in [2.05, 4.69) is 24.1 Å². The van der Waals surface area contributed by atoms with Crippen molar-refractivity contribution in [3.05, 3.63) is 28.8 Å². The van der Waals surface area contributed by atoms with Crippen molar-refractivity contribution in [1.82, 2.24) is 0 Å². The van der Waals surface area contributed by atoms with Crippen LogP contribution in [0.3, 0.4) is 0 Å². The molecule has 0 bridgehead atoms. The Bertz CT molecular complexity index is 405. The Morgan fingerprint density at radius 1 is 1.47 bits per heavy atom. The standard InChI is InChI=1S/C15H23ClN2O/c1-18(10-13-3-2-8-19-11-13)15-5-4-12(6-7-17)9-14(15)16/h4-5,9,13H,2-3,6-8,10-11,17H2,1H3. The fourth-order valence-corrected chi connectivity index (χ4v) is 2.97. The van der Waals surface area contributed by atoms with Crippen molar-refractivity contribution in [3.63, 3.8) is 0 Å². The minimum absolute atomic E-state index is 0.610. The number of benzene rings is 1. The van der Waals surface area contributed by atoms with Gasteiger partial charge < -0.3 is 15.4 Å². The number of halogens is 1. The molecule has 1 unspecified atom stereocenters. The van der Waals surface area contributed by atoms with Crippen LogP contribution in [0, 0.1) is 5.92 Å². The zero-order valence-electron chi connectivity index (χ0n) is 11.6. The second-order valence-corrected chi connectivity index (χ2v) is 5.70. The lowest BCUT2D eigenvalue weighted by Crippen LogP contribution is -2.31. The average molecular weight is 283 g/mol. The van der Waals surface area contributed by atoms with Crippen LogP contribution in [-0.2, 0) is 11.2 Å². The van der Waals surface area contributed by atoms with Crippen LogP contribution in [0.25, 0.3) is 0 Å². The molecule has 19 heavy (non-hydrogen) atoms. The van der Waals surface area contributed by atoms with E-state index in [-0.39, 0.29) is 0 Å². The maximum absolute atomic E-state index is 6.36. The molecule has 1 heterocycles. The summed E-state index contributed by atoms with van der Waals surface area (Å²) in [5.41, 5.74) is 7.86. The molecular weight excluding hydrogens is 260 g/mol. The fourth-order valence-electron chi connectivity index (χ4n) is 2.62. The van der Waals surface area contributed by atoms with Gasteiger partial charge in [-0.2, -0.15) is 0 Å². The molecular formula is C15H23ClN2O. The van der Waals surface area contributed by atoms with Gasteiger partial charge in [0.1, 0.15) is 0 Å². The quantitative estimate of drug-likeness (QED) is 0.902. The third-order valence-electron chi connectivity index (χ3n) is 3.64. The Morgan fingerprint density at radius 2 is 2.32 bits per heavy atom. The predicted octanol–water partition coefficient (Wildman–Crippen LogP) is 2.70. The number of nitrogens with two attached hydrogens (primary N) is 1. The van der Waals surface area contributed by atoms with Gasteiger partial charge in [-0.3, -0.25) is 0 Å². The van der Waals surface area contributed by atoms with Crippen molar-refractivity contribution in [2.75, 3.05) is 38.3 Å². The first-order valence-corrected chi connectivity index (χ1v) is 7.36. The van der Waals surface area contributed by atoms with Crippen LogP contribution in [0.1, 0.15) is 18.4 Å². The topological polar surface area (TPSA) is 38.5 Å². The maximum Gasteiger partial charge on any atom is 0.0642 e. The van der Waals surface area contributed by atoms with Gasteiger partial charge in [0.05, 0.1) is 17.3 Å². The highest BCUT2D eigenvalue weighted by molar-refractivity contribution is 6.33. The van der Waals surface area contributed by atoms with E-state index in [0.717, 1.165) is 36.9 Å². The first kappa shape index (κ1) is 14.6. The Hall–Kier alpha value is -0.770. The van der Waals surface area contributed by atoms with E-state index < -0.39 is 0 Å². The van der Waals surface area contributed by atoms with Crippen LogP contribution in [0.5, 0.6) is 0 Å². The Morgan fingerprint density at radius 3 is 2.95 bits per heavy atom. The third kappa shape index (κ3) is 4.10. The Balaban J connectivity index is 1.99. The molecule has 106 valence electrons. The van der Waals surface area contributed by atoms with Crippen molar-refractivity contribution in [2.45, 2.75) is 19.3 Å². The summed E-state index contributed by atoms with van der Waals surface area (Å²) in [6.45, 7) is 3.43. The first-order valence-electron chi connectivity index (χ1n) is 6.98. The third-order valence-corrected chi connectivity index (χ3v) is 3.95. The molecule has 1 fully saturated rings. The van der Waals surface area contributed by atoms with Crippen molar-refractivity contribution in [1.29, 1.82) is 0 Å². The predicted molar refractivity (Wildman–Crippen MR) is 81.0 cm³/mol. The van der Waals surface area contributed by atoms with Crippen molar-refractivity contribution >= 4 is 17.3 Å². The van der Waals surface area contributed by atoms with Gasteiger partial charge in [0.25, 0.3) is 0 Å². The number of hydrogen-bond acceptors (Lipinski definition) is 3. The average Bonchev–Trinajstić information content (AvgIpc) is 2.40. The zero-order valence-corrected chi connectivity index (χ0v) is 12.3. The Kier molecular flexibility index (Phi) is 5.49. The lowest BCUT2D eigenvalue weighted by atomic mass is 10.0. The smallest absolute Gasteiger partial charge is 0.0642 e. The molecule has 1 aromatic carbocycles. The molecule has 1 aliphatic heterocycles. The van der Waals surface area contributed by atoms with Crippen LogP contribution in [0.2, 0.25) is 5.02 Å². The highest BCUT2D eigenvalue weighted by Gasteiger charge is 2.17. The van der Waals surface area contributed by atoms with Crippen LogP contribution in [0.4, 0.5) is 5.69 Å². The van der Waals surface area contributed by atoms with E-state index in [1.54, 1.807) is 0 Å². The van der Waals surface area contributed by atoms with E-state index in [4.69, 9.17) is 22.1 Å². The SMILES string of the molecule is CN(CC1CCCOC1)c1ccc(CCN)cc1Cl. The molecule has 1 saturated heterocycles. The van der Waals surface area contributed by atoms with E-state index in [1.165, 1.54) is 18.4 Å². The van der Waals surface area contributed by atoms with Gasteiger partial charge in [-0.25, -0.2) is 0 Å². The molecule has 1 atom stereocenters. The van der Waals surface area contributed by atoms with Gasteiger partial charge in [-0.1, -0.05) is 17.7 Å². The number of hydrogen-bond donors (Lipinski definition) is 1. The monoisotopic (exact) mass is 282 g/mol. The molecule has 1 aromatic rings. The number of anilines is 1. The summed E-state index contributed by atoms with van der Waals surface area (Å²) in [6.07, 6.45) is 3.29. The van der Waals surface area contributed by atoms with E-state index in [9.17, 15) is 0 Å². The molecule has 0 aromatic heterocycles. The lowest BCUT2D eigenvalue weighted by Gasteiger charge is -2.29. The molecule has 0 aliphatic carbocycles. The van der Waals surface area contributed by atoms with E-state index in [0.29, 0.717) is 12.5 Å². The van der Waals surface area contributed by atoms with Gasteiger partial charge >= 0.3 is 0 Å². The highest BCUT2D eigenvalue weighted by Crippen LogP contribution is 2.27. The van der Waals surface area contributed by atoms with E-state index >= 15 is 0 Å². The second kappa shape index (κ2) is 7.13. The molecule has 3 nitrogen and oxygen atoms in total. The molecule has 4 heteroatoms. The van der Waals surface area contributed by atoms with Gasteiger partial charge in [0.2, 0.25) is 0 Å². The molecule has 2 N–H and O–H groups in total. The lowest BCUT2D eigenvalue weighted by molar-refractivity contribution is 0.0576. The maximum atomic E-state index is 6.36. The van der Waals surface area contributed by atoms with Crippen molar-refractivity contribution < 1.29 is 4.74 Å². The molecule has 0 radical (unpaired) electrons. The molecule has 1 aliphatic rings. The van der Waals surface area contributed by atoms with Gasteiger partial charge in [0, 0.05) is 20.2 Å². The van der Waals surface area contributed by atoms with Crippen molar-refractivity contribution in [3.8, 4) is 0 Å². The van der Waals surface area contributed by atoms with Gasteiger partial charge in [-0.15, -0.1) is 0 Å². The summed E-state index contributed by atoms with van der Waals surface area (Å²) in [6, 6.07) is 6.23. The van der Waals surface area contributed by atoms with Crippen LogP contribution in [-0.4, -0.2) is 33.4 Å². The fraction of sp³-hybridized carbons (Fsp3) is 0.600. The van der Waals surface area contributed by atoms with Gasteiger partial charge in [-0.05, 0) is 49.4 Å². The Labute approximate surface area is 120 Å². The first-order chi connectivity index (χ1) is 9.20. The molecule has 0 spiro atoms. The van der Waals surface area contributed by atoms with Gasteiger partial charge in [0.15, 0.2) is 0 Å².